The minimum absolute atomic E-state index is 0.0162. The Balaban J connectivity index is 1.20. The molecular weight excluding hydrogens is 1170 g/mol. The number of fused-ring (bicyclic) bond motifs is 3. The number of nitrogens with two attached hydrogens (primary N) is 1. The van der Waals surface area contributed by atoms with Gasteiger partial charge in [0.1, 0.15) is 43.9 Å². The van der Waals surface area contributed by atoms with Crippen LogP contribution < -0.4 is 5.73 Å². The lowest BCUT2D eigenvalue weighted by molar-refractivity contribution is -0.432. The maximum atomic E-state index is 12.9. The minimum atomic E-state index is -5.25. The Kier molecular flexibility index (Phi) is 17.5. The molecule has 0 radical (unpaired) electrons. The number of phenols is 3. The van der Waals surface area contributed by atoms with E-state index in [-0.39, 0.29) is 111 Å². The molecule has 0 saturated heterocycles. The monoisotopic (exact) mass is 1200 g/mol. The van der Waals surface area contributed by atoms with Crippen LogP contribution in [0.25, 0.3) is 32.3 Å². The number of hydrogen-bond donors (Lipinski definition) is 11. The second-order valence-electron chi connectivity index (χ2n) is 15.5. The molecule has 80 heavy (non-hydrogen) atoms. The molecule has 0 aliphatic heterocycles. The molecule has 0 bridgehead atoms. The van der Waals surface area contributed by atoms with Crippen LogP contribution in [-0.2, 0) is 48.4 Å². The molecule has 0 atom stereocenters. The van der Waals surface area contributed by atoms with Crippen molar-refractivity contribution in [3.8, 4) is 17.2 Å². The molecule has 0 amide bonds. The maximum absolute atomic E-state index is 12.9. The number of aromatic carboxylic acids is 2. The quantitative estimate of drug-likeness (QED) is 0.00795. The lowest BCUT2D eigenvalue weighted by atomic mass is 10.0. The zero-order valence-electron chi connectivity index (χ0n) is 38.9. The number of anilines is 1. The number of azo groups is 4. The van der Waals surface area contributed by atoms with Crippen molar-refractivity contribution < 1.29 is 105 Å². The van der Waals surface area contributed by atoms with E-state index < -0.39 is 82.0 Å². The van der Waals surface area contributed by atoms with E-state index in [1.165, 1.54) is 60.7 Å². The van der Waals surface area contributed by atoms with Crippen LogP contribution in [0.4, 0.5) is 51.2 Å². The molecule has 0 saturated carbocycles. The second-order valence-corrected chi connectivity index (χ2v) is 20.5. The molecule has 8 aromatic rings. The summed E-state index contributed by atoms with van der Waals surface area (Å²) >= 11 is 0.893. The molecule has 0 spiro atoms. The Morgan fingerprint density at radius 3 is 1.64 bits per heavy atom. The normalized spacial score (nSPS) is 12.4. The fourth-order valence-electron chi connectivity index (χ4n) is 7.33. The number of rotatable bonds is 21. The highest BCUT2D eigenvalue weighted by atomic mass is 32.2. The predicted molar refractivity (Wildman–Crippen MR) is 276 cm³/mol. The van der Waals surface area contributed by atoms with Gasteiger partial charge in [-0.2, -0.15) is 27.1 Å². The molecule has 0 fully saturated rings. The van der Waals surface area contributed by atoms with Gasteiger partial charge in [0.2, 0.25) is 0 Å². The fraction of sp³-hybridized carbons (Fsp3) is 0. The van der Waals surface area contributed by atoms with Crippen molar-refractivity contribution in [1.29, 1.82) is 0 Å². The summed E-state index contributed by atoms with van der Waals surface area (Å²) in [7, 11) is -10.4. The first-order chi connectivity index (χ1) is 38.1. The van der Waals surface area contributed by atoms with Crippen LogP contribution in [0.15, 0.2) is 169 Å². The van der Waals surface area contributed by atoms with Gasteiger partial charge in [-0.25, -0.2) is 25.4 Å². The number of benzene rings is 8. The topological polar surface area (TPSA) is 485 Å². The lowest BCUT2D eigenvalue weighted by Crippen LogP contribution is -2.02. The molecule has 8 rings (SSSR count). The largest absolute Gasteiger partial charge is 0.505 e. The number of carboxylic acids is 2. The first kappa shape index (κ1) is 57.8. The number of phenolic OH excluding ortho intramolecular Hbond substituents is 3. The molecule has 36 heteroatoms. The van der Waals surface area contributed by atoms with Gasteiger partial charge < -0.3 is 31.3 Å². The van der Waals surface area contributed by atoms with Crippen LogP contribution in [0.3, 0.4) is 0 Å². The molecule has 0 aliphatic rings. The van der Waals surface area contributed by atoms with Crippen LogP contribution in [0.5, 0.6) is 17.2 Å². The third-order valence-electron chi connectivity index (χ3n) is 10.8. The van der Waals surface area contributed by atoms with Gasteiger partial charge in [-0.05, 0) is 101 Å². The molecule has 0 unspecified atom stereocenters. The van der Waals surface area contributed by atoms with Crippen molar-refractivity contribution in [1.82, 2.24) is 0 Å². The SMILES string of the molecule is Nc1c(N=Nc2ccc3cc(S(=O)(=O)O)c(N=Nc4ccc(C(=O)O)cc4SOOO)c(O)c3c2)c(S(=O)(=O)O)cc2cc(SOOO)c(N=Nc3ccc4c(O)c(N=Nc5ccccc5C(=O)O)c(SOOO)cc4c3)c(O)c12. The summed E-state index contributed by atoms with van der Waals surface area (Å²) in [5.41, 5.74) is 2.61. The molecule has 8 aromatic carbocycles. The zero-order valence-corrected chi connectivity index (χ0v) is 43.0. The highest BCUT2D eigenvalue weighted by Crippen LogP contribution is 2.51. The van der Waals surface area contributed by atoms with Gasteiger partial charge in [0.25, 0.3) is 20.2 Å². The fourth-order valence-corrected chi connectivity index (χ4v) is 10.1. The van der Waals surface area contributed by atoms with Gasteiger partial charge >= 0.3 is 11.9 Å². The molecule has 0 aliphatic carbocycles. The average molecular weight is 1200 g/mol. The molecule has 31 nitrogen and oxygen atoms in total. The van der Waals surface area contributed by atoms with E-state index >= 15 is 0 Å². The van der Waals surface area contributed by atoms with E-state index in [1.807, 2.05) is 0 Å². The van der Waals surface area contributed by atoms with Gasteiger partial charge in [0.15, 0.2) is 17.2 Å². The minimum Gasteiger partial charge on any atom is -0.505 e. The number of nitrogen functional groups attached to an aromatic ring is 1. The summed E-state index contributed by atoms with van der Waals surface area (Å²) in [4.78, 5) is 21.0. The number of aromatic hydroxyl groups is 3. The third-order valence-corrected chi connectivity index (χ3v) is 14.4. The average Bonchev–Trinajstić information content (AvgIpc) is 3.41. The summed E-state index contributed by atoms with van der Waals surface area (Å²) in [6.45, 7) is 0. The summed E-state index contributed by atoms with van der Waals surface area (Å²) in [6, 6.07) is 20.7. The van der Waals surface area contributed by atoms with Crippen molar-refractivity contribution in [3.05, 3.63) is 114 Å². The smallest absolute Gasteiger partial charge is 0.337 e. The first-order valence-electron chi connectivity index (χ1n) is 21.1. The van der Waals surface area contributed by atoms with E-state index in [4.69, 9.17) is 21.5 Å². The van der Waals surface area contributed by atoms with Crippen LogP contribution in [0.2, 0.25) is 0 Å². The van der Waals surface area contributed by atoms with E-state index in [2.05, 4.69) is 69.0 Å². The van der Waals surface area contributed by atoms with E-state index in [9.17, 15) is 61.1 Å². The van der Waals surface area contributed by atoms with Crippen molar-refractivity contribution in [2.45, 2.75) is 24.5 Å². The summed E-state index contributed by atoms with van der Waals surface area (Å²) in [5.74, 6) is -4.92. The number of hydrogen-bond acceptors (Lipinski definition) is 30. The van der Waals surface area contributed by atoms with Gasteiger partial charge in [0.05, 0.1) is 84.4 Å². The van der Waals surface area contributed by atoms with Crippen LogP contribution in [0, 0.1) is 0 Å². The highest BCUT2D eigenvalue weighted by molar-refractivity contribution is 7.95. The van der Waals surface area contributed by atoms with Gasteiger partial charge in [-0.3, -0.25) is 9.11 Å². The van der Waals surface area contributed by atoms with Gasteiger partial charge in [0, 0.05) is 10.8 Å². The van der Waals surface area contributed by atoms with E-state index in [1.54, 1.807) is 0 Å². The highest BCUT2D eigenvalue weighted by Gasteiger charge is 2.27. The zero-order chi connectivity index (χ0) is 57.6. The number of carboxylic acid groups (broad SMARTS) is 2. The van der Waals surface area contributed by atoms with Crippen molar-refractivity contribution in [3.63, 3.8) is 0 Å². The van der Waals surface area contributed by atoms with Crippen LogP contribution in [0.1, 0.15) is 20.7 Å². The predicted octanol–water partition coefficient (Wildman–Crippen LogP) is 12.7. The standard InChI is InChI=1S/C44H29N9O22S5/c45-35-34-21(14-31(78-75-72-63)37(42(34)56)50-46-22-8-9-24-20(11-22)13-30(77-74-71-62)36(40(24)54)51-48-27-4-2-1-3-25(27)44(59)60)16-32(79(64,65)66)38(35)52-47-23-7-5-18-15-33(80(67,68)69)39(41(55)26(18)17-23)53-49-28-10-6-19(43(57)58)12-29(28)76-73-70-61/h1-17,54-56,61-63H,45H2,(H,57,58)(H,59,60)(H,64,65,66)(H,67,68,69). The number of nitrogens with zero attached hydrogens (tertiary/aromatic N) is 8. The first-order valence-corrected chi connectivity index (χ1v) is 26.2. The molecule has 12 N–H and O–H groups in total. The van der Waals surface area contributed by atoms with E-state index in [0.717, 1.165) is 42.5 Å². The lowest BCUT2D eigenvalue weighted by Gasteiger charge is -2.14. The molecule has 0 heterocycles. The molecular formula is C44H29N9O22S5. The number of carbonyl (C=O) groups is 2. The van der Waals surface area contributed by atoms with Crippen molar-refractivity contribution in [2.24, 2.45) is 40.9 Å². The van der Waals surface area contributed by atoms with Gasteiger partial charge in [-0.15, -0.1) is 43.7 Å². The van der Waals surface area contributed by atoms with Crippen LogP contribution in [-0.4, -0.2) is 79.2 Å². The van der Waals surface area contributed by atoms with Crippen molar-refractivity contribution >= 4 is 152 Å². The Morgan fingerprint density at radius 1 is 0.475 bits per heavy atom. The summed E-state index contributed by atoms with van der Waals surface area (Å²) < 4.78 is 84.9. The Labute approximate surface area is 457 Å². The summed E-state index contributed by atoms with van der Waals surface area (Å²) in [6.07, 6.45) is 0. The summed E-state index contributed by atoms with van der Waals surface area (Å²) in [5, 5.41) is 123. The van der Waals surface area contributed by atoms with Crippen molar-refractivity contribution in [2.75, 3.05) is 5.73 Å². The molecule has 412 valence electrons. The van der Waals surface area contributed by atoms with E-state index in [0.29, 0.717) is 12.0 Å². The Hall–Kier alpha value is -8.41. The Morgan fingerprint density at radius 2 is 1.00 bits per heavy atom. The van der Waals surface area contributed by atoms with Gasteiger partial charge in [-0.1, -0.05) is 33.3 Å². The Bertz CT molecular complexity index is 4190. The maximum Gasteiger partial charge on any atom is 0.337 e. The van der Waals surface area contributed by atoms with Crippen LogP contribution >= 0.6 is 36.1 Å². The molecule has 0 aromatic heterocycles. The third kappa shape index (κ3) is 12.5. The second kappa shape index (κ2) is 24.3.